The molecule has 0 aliphatic carbocycles. The lowest BCUT2D eigenvalue weighted by Gasteiger charge is -2.29. The van der Waals surface area contributed by atoms with Crippen LogP contribution in [-0.4, -0.2) is 36.7 Å². The molecule has 24 heavy (non-hydrogen) atoms. The standard InChI is InChI=1S/C19H19NO4/c1-20(17(22)13-16(21)19(23)24-2)18(14-9-5-3-6-10-14)15-11-7-4-8-12-15/h3-12,18H,13H2,1-2H3. The highest BCUT2D eigenvalue weighted by Gasteiger charge is 2.27. The number of carbonyl (C=O) groups is 3. The van der Waals surface area contributed by atoms with Gasteiger partial charge in [-0.25, -0.2) is 4.79 Å². The Morgan fingerprint density at radius 2 is 1.38 bits per heavy atom. The van der Waals surface area contributed by atoms with Crippen LogP contribution in [0.1, 0.15) is 23.6 Å². The molecule has 0 fully saturated rings. The number of methoxy groups -OCH3 is 1. The average molecular weight is 325 g/mol. The minimum absolute atomic E-state index is 0.342. The first-order chi connectivity index (χ1) is 11.5. The van der Waals surface area contributed by atoms with Crippen molar-refractivity contribution in [3.8, 4) is 0 Å². The molecule has 0 saturated carbocycles. The summed E-state index contributed by atoms with van der Waals surface area (Å²) in [6.07, 6.45) is -0.515. The largest absolute Gasteiger partial charge is 0.463 e. The van der Waals surface area contributed by atoms with Crippen LogP contribution in [0.2, 0.25) is 0 Å². The van der Waals surface area contributed by atoms with E-state index >= 15 is 0 Å². The van der Waals surface area contributed by atoms with Gasteiger partial charge in [0.2, 0.25) is 11.7 Å². The average Bonchev–Trinajstić information content (AvgIpc) is 2.62. The van der Waals surface area contributed by atoms with Crippen molar-refractivity contribution in [2.24, 2.45) is 0 Å². The molecule has 0 bridgehead atoms. The second-order valence-corrected chi connectivity index (χ2v) is 5.32. The van der Waals surface area contributed by atoms with Crippen molar-refractivity contribution in [3.63, 3.8) is 0 Å². The lowest BCUT2D eigenvalue weighted by Crippen LogP contribution is -2.34. The summed E-state index contributed by atoms with van der Waals surface area (Å²) in [5, 5.41) is 0. The number of rotatable bonds is 6. The predicted octanol–water partition coefficient (Wildman–Crippen LogP) is 2.37. The molecule has 124 valence electrons. The Hall–Kier alpha value is -2.95. The lowest BCUT2D eigenvalue weighted by atomic mass is 9.97. The van der Waals surface area contributed by atoms with Crippen LogP contribution in [0.15, 0.2) is 60.7 Å². The van der Waals surface area contributed by atoms with Gasteiger partial charge in [-0.3, -0.25) is 9.59 Å². The molecule has 0 heterocycles. The van der Waals surface area contributed by atoms with Crippen molar-refractivity contribution in [2.45, 2.75) is 12.5 Å². The smallest absolute Gasteiger partial charge is 0.374 e. The van der Waals surface area contributed by atoms with E-state index in [9.17, 15) is 14.4 Å². The topological polar surface area (TPSA) is 63.7 Å². The van der Waals surface area contributed by atoms with E-state index in [1.165, 1.54) is 4.90 Å². The van der Waals surface area contributed by atoms with Crippen LogP contribution < -0.4 is 0 Å². The maximum Gasteiger partial charge on any atom is 0.374 e. The number of hydrogen-bond acceptors (Lipinski definition) is 4. The summed E-state index contributed by atoms with van der Waals surface area (Å²) in [7, 11) is 2.74. The van der Waals surface area contributed by atoms with Crippen LogP contribution in [0.25, 0.3) is 0 Å². The summed E-state index contributed by atoms with van der Waals surface area (Å²) in [6.45, 7) is 0. The van der Waals surface area contributed by atoms with Crippen LogP contribution in [-0.2, 0) is 19.1 Å². The number of ketones is 1. The van der Waals surface area contributed by atoms with Gasteiger partial charge in [0.15, 0.2) is 0 Å². The third-order valence-corrected chi connectivity index (χ3v) is 3.74. The molecule has 0 unspecified atom stereocenters. The highest BCUT2D eigenvalue weighted by Crippen LogP contribution is 2.27. The summed E-state index contributed by atoms with van der Waals surface area (Å²) in [5.74, 6) is -2.30. The number of nitrogens with zero attached hydrogens (tertiary/aromatic N) is 1. The molecule has 0 N–H and O–H groups in total. The summed E-state index contributed by atoms with van der Waals surface area (Å²) < 4.78 is 4.36. The number of ether oxygens (including phenoxy) is 1. The van der Waals surface area contributed by atoms with E-state index in [2.05, 4.69) is 4.74 Å². The van der Waals surface area contributed by atoms with E-state index in [-0.39, 0.29) is 6.04 Å². The van der Waals surface area contributed by atoms with E-state index in [0.29, 0.717) is 0 Å². The zero-order valence-electron chi connectivity index (χ0n) is 13.6. The van der Waals surface area contributed by atoms with Crippen molar-refractivity contribution >= 4 is 17.7 Å². The Kier molecular flexibility index (Phi) is 5.84. The van der Waals surface area contributed by atoms with E-state index in [0.717, 1.165) is 18.2 Å². The second kappa shape index (κ2) is 8.06. The molecule has 0 aliphatic rings. The van der Waals surface area contributed by atoms with Gasteiger partial charge < -0.3 is 9.64 Å². The SMILES string of the molecule is COC(=O)C(=O)CC(=O)N(C)C(c1ccccc1)c1ccccc1. The molecule has 0 radical (unpaired) electrons. The number of esters is 1. The molecule has 0 atom stereocenters. The zero-order valence-corrected chi connectivity index (χ0v) is 13.6. The molecule has 0 aromatic heterocycles. The third-order valence-electron chi connectivity index (χ3n) is 3.74. The number of Topliss-reactive ketones (excluding diaryl/α,β-unsaturated/α-hetero) is 1. The molecular formula is C19H19NO4. The first kappa shape index (κ1) is 17.4. The third kappa shape index (κ3) is 4.07. The van der Waals surface area contributed by atoms with E-state index in [1.807, 2.05) is 60.7 Å². The highest BCUT2D eigenvalue weighted by atomic mass is 16.5. The Morgan fingerprint density at radius 1 is 0.917 bits per heavy atom. The van der Waals surface area contributed by atoms with Gasteiger partial charge in [0.25, 0.3) is 0 Å². The van der Waals surface area contributed by atoms with Crippen molar-refractivity contribution in [3.05, 3.63) is 71.8 Å². The molecule has 5 heteroatoms. The van der Waals surface area contributed by atoms with Gasteiger partial charge in [-0.15, -0.1) is 0 Å². The Labute approximate surface area is 140 Å². The second-order valence-electron chi connectivity index (χ2n) is 5.32. The van der Waals surface area contributed by atoms with Crippen LogP contribution in [0.3, 0.4) is 0 Å². The number of benzene rings is 2. The van der Waals surface area contributed by atoms with Gasteiger partial charge in [0, 0.05) is 7.05 Å². The molecule has 2 rings (SSSR count). The van der Waals surface area contributed by atoms with Crippen LogP contribution in [0, 0.1) is 0 Å². The number of carbonyl (C=O) groups excluding carboxylic acids is 3. The molecule has 5 nitrogen and oxygen atoms in total. The van der Waals surface area contributed by atoms with E-state index < -0.39 is 24.1 Å². The molecular weight excluding hydrogens is 306 g/mol. The predicted molar refractivity (Wildman–Crippen MR) is 89.1 cm³/mol. The molecule has 0 aliphatic heterocycles. The molecule has 1 amide bonds. The van der Waals surface area contributed by atoms with Crippen molar-refractivity contribution in [1.29, 1.82) is 0 Å². The Balaban J connectivity index is 2.29. The number of amides is 1. The van der Waals surface area contributed by atoms with Crippen molar-refractivity contribution in [2.75, 3.05) is 14.2 Å². The molecule has 0 spiro atoms. The Bertz CT molecular complexity index is 673. The van der Waals surface area contributed by atoms with Gasteiger partial charge in [0.1, 0.15) is 0 Å². The fourth-order valence-electron chi connectivity index (χ4n) is 2.50. The first-order valence-electron chi connectivity index (χ1n) is 7.51. The summed E-state index contributed by atoms with van der Waals surface area (Å²) >= 11 is 0. The van der Waals surface area contributed by atoms with E-state index in [1.54, 1.807) is 7.05 Å². The van der Waals surface area contributed by atoms with Gasteiger partial charge in [-0.1, -0.05) is 60.7 Å². The molecule has 2 aromatic carbocycles. The molecule has 2 aromatic rings. The Morgan fingerprint density at radius 3 is 1.79 bits per heavy atom. The van der Waals surface area contributed by atoms with Gasteiger partial charge >= 0.3 is 5.97 Å². The lowest BCUT2D eigenvalue weighted by molar-refractivity contribution is -0.153. The minimum Gasteiger partial charge on any atom is -0.463 e. The normalized spacial score (nSPS) is 10.3. The summed E-state index contributed by atoms with van der Waals surface area (Å²) in [5.41, 5.74) is 1.84. The highest BCUT2D eigenvalue weighted by molar-refractivity contribution is 6.36. The number of hydrogen-bond donors (Lipinski definition) is 0. The quantitative estimate of drug-likeness (QED) is 0.465. The zero-order chi connectivity index (χ0) is 17.5. The van der Waals surface area contributed by atoms with Crippen LogP contribution in [0.4, 0.5) is 0 Å². The molecule has 0 saturated heterocycles. The van der Waals surface area contributed by atoms with Gasteiger partial charge in [-0.05, 0) is 11.1 Å². The monoisotopic (exact) mass is 325 g/mol. The van der Waals surface area contributed by atoms with Gasteiger partial charge in [0.05, 0.1) is 19.6 Å². The minimum atomic E-state index is -1.01. The fraction of sp³-hybridized carbons (Fsp3) is 0.211. The summed E-state index contributed by atoms with van der Waals surface area (Å²) in [6, 6.07) is 18.7. The fourth-order valence-corrected chi connectivity index (χ4v) is 2.50. The van der Waals surface area contributed by atoms with Gasteiger partial charge in [-0.2, -0.15) is 0 Å². The van der Waals surface area contributed by atoms with Crippen molar-refractivity contribution < 1.29 is 19.1 Å². The van der Waals surface area contributed by atoms with Crippen molar-refractivity contribution in [1.82, 2.24) is 4.90 Å². The van der Waals surface area contributed by atoms with E-state index in [4.69, 9.17) is 0 Å². The maximum atomic E-state index is 12.5. The van der Waals surface area contributed by atoms with Crippen LogP contribution in [0.5, 0.6) is 0 Å². The maximum absolute atomic E-state index is 12.5. The summed E-state index contributed by atoms with van der Waals surface area (Å²) in [4.78, 5) is 36.8. The van der Waals surface area contributed by atoms with Crippen LogP contribution >= 0.6 is 0 Å². The first-order valence-corrected chi connectivity index (χ1v) is 7.51.